The van der Waals surface area contributed by atoms with Crippen LogP contribution in [0.2, 0.25) is 0 Å². The molecule has 0 radical (unpaired) electrons. The zero-order valence-electron chi connectivity index (χ0n) is 18.7. The molecule has 0 bridgehead atoms. The van der Waals surface area contributed by atoms with Crippen LogP contribution in [0.15, 0.2) is 84.6 Å². The minimum atomic E-state index is -0.449. The van der Waals surface area contributed by atoms with Gasteiger partial charge < -0.3 is 15.0 Å². The van der Waals surface area contributed by atoms with Crippen LogP contribution in [-0.2, 0) is 17.8 Å². The molecule has 0 aliphatic rings. The van der Waals surface area contributed by atoms with Gasteiger partial charge in [-0.3, -0.25) is 14.9 Å². The van der Waals surface area contributed by atoms with Crippen molar-refractivity contribution in [3.63, 3.8) is 0 Å². The van der Waals surface area contributed by atoms with Gasteiger partial charge in [0.1, 0.15) is 24.0 Å². The third-order valence-corrected chi connectivity index (χ3v) is 5.44. The number of nitriles is 1. The van der Waals surface area contributed by atoms with Crippen molar-refractivity contribution in [2.75, 3.05) is 6.54 Å². The zero-order chi connectivity index (χ0) is 24.6. The second kappa shape index (κ2) is 10.8. The number of ether oxygens (including phenoxy) is 1. The van der Waals surface area contributed by atoms with Crippen LogP contribution in [0.25, 0.3) is 17.0 Å². The van der Waals surface area contributed by atoms with Crippen molar-refractivity contribution < 1.29 is 14.5 Å². The first-order chi connectivity index (χ1) is 17.0. The number of amides is 1. The zero-order valence-corrected chi connectivity index (χ0v) is 18.7. The van der Waals surface area contributed by atoms with E-state index < -0.39 is 10.8 Å². The maximum atomic E-state index is 12.5. The van der Waals surface area contributed by atoms with Gasteiger partial charge in [0, 0.05) is 35.8 Å². The van der Waals surface area contributed by atoms with E-state index in [0.717, 1.165) is 16.5 Å². The van der Waals surface area contributed by atoms with Gasteiger partial charge in [0.25, 0.3) is 11.6 Å². The topological polar surface area (TPSA) is 121 Å². The first kappa shape index (κ1) is 23.3. The number of nitrogens with zero attached hydrogens (tertiary/aromatic N) is 2. The van der Waals surface area contributed by atoms with Gasteiger partial charge in [0.2, 0.25) is 0 Å². The lowest BCUT2D eigenvalue weighted by Gasteiger charge is -2.07. The summed E-state index contributed by atoms with van der Waals surface area (Å²) >= 11 is 0. The molecular weight excluding hydrogens is 444 g/mol. The Morgan fingerprint density at radius 3 is 2.69 bits per heavy atom. The van der Waals surface area contributed by atoms with E-state index in [1.165, 1.54) is 18.2 Å². The fraction of sp³-hybridized carbons (Fsp3) is 0.111. The number of hydrogen-bond acceptors (Lipinski definition) is 5. The fourth-order valence-electron chi connectivity index (χ4n) is 3.65. The molecule has 4 rings (SSSR count). The van der Waals surface area contributed by atoms with E-state index in [1.807, 2.05) is 36.5 Å². The number of rotatable bonds is 9. The van der Waals surface area contributed by atoms with Crippen molar-refractivity contribution in [2.45, 2.75) is 13.0 Å². The SMILES string of the molecule is N#C/C(=C/c1ccc(OCc2cccc([N+](=O)[O-])c2)cc1)C(=O)NCCc1c[nH]c2ccccc12. The molecule has 0 saturated carbocycles. The standard InChI is InChI=1S/C27H22N4O4/c28-16-22(27(32)29-13-12-21-17-30-26-7-2-1-6-25(21)26)14-19-8-10-24(11-9-19)35-18-20-4-3-5-23(15-20)31(33)34/h1-11,14-15,17,30H,12-13,18H2,(H,29,32)/b22-14-. The van der Waals surface area contributed by atoms with E-state index in [0.29, 0.717) is 29.8 Å². The Hall–Kier alpha value is -4.90. The molecule has 0 fully saturated rings. The van der Waals surface area contributed by atoms with Crippen LogP contribution < -0.4 is 10.1 Å². The van der Waals surface area contributed by atoms with Crippen molar-refractivity contribution in [3.05, 3.63) is 111 Å². The molecule has 0 atom stereocenters. The van der Waals surface area contributed by atoms with Crippen LogP contribution in [-0.4, -0.2) is 22.4 Å². The molecule has 1 amide bonds. The van der Waals surface area contributed by atoms with Crippen LogP contribution in [0, 0.1) is 21.4 Å². The number of carbonyl (C=O) groups excluding carboxylic acids is 1. The van der Waals surface area contributed by atoms with Crippen molar-refractivity contribution in [1.29, 1.82) is 5.26 Å². The molecule has 3 aromatic carbocycles. The molecule has 174 valence electrons. The number of fused-ring (bicyclic) bond motifs is 1. The van der Waals surface area contributed by atoms with E-state index in [1.54, 1.807) is 36.4 Å². The average Bonchev–Trinajstić information content (AvgIpc) is 3.30. The first-order valence-corrected chi connectivity index (χ1v) is 10.9. The Bertz CT molecular complexity index is 1430. The smallest absolute Gasteiger partial charge is 0.269 e. The van der Waals surface area contributed by atoms with Crippen molar-refractivity contribution in [1.82, 2.24) is 10.3 Å². The van der Waals surface area contributed by atoms with E-state index in [-0.39, 0.29) is 17.9 Å². The molecular formula is C27H22N4O4. The number of nitro benzene ring substituents is 1. The van der Waals surface area contributed by atoms with Crippen LogP contribution in [0.1, 0.15) is 16.7 Å². The Morgan fingerprint density at radius 2 is 1.91 bits per heavy atom. The number of non-ortho nitro benzene ring substituents is 1. The van der Waals surface area contributed by atoms with Gasteiger partial charge in [-0.25, -0.2) is 0 Å². The molecule has 1 aromatic heterocycles. The predicted molar refractivity (Wildman–Crippen MR) is 132 cm³/mol. The number of aromatic nitrogens is 1. The molecule has 4 aromatic rings. The fourth-order valence-corrected chi connectivity index (χ4v) is 3.65. The highest BCUT2D eigenvalue weighted by molar-refractivity contribution is 6.01. The number of H-pyrrole nitrogens is 1. The minimum Gasteiger partial charge on any atom is -0.489 e. The highest BCUT2D eigenvalue weighted by atomic mass is 16.6. The minimum absolute atomic E-state index is 0.00851. The summed E-state index contributed by atoms with van der Waals surface area (Å²) in [7, 11) is 0. The van der Waals surface area contributed by atoms with E-state index in [4.69, 9.17) is 4.74 Å². The normalized spacial score (nSPS) is 11.1. The number of nitro groups is 1. The predicted octanol–water partition coefficient (Wildman–Crippen LogP) is 4.92. The maximum absolute atomic E-state index is 12.5. The summed E-state index contributed by atoms with van der Waals surface area (Å²) in [5.41, 5.74) is 3.52. The number of carbonyl (C=O) groups is 1. The number of hydrogen-bond donors (Lipinski definition) is 2. The summed E-state index contributed by atoms with van der Waals surface area (Å²) in [6, 6.07) is 23.1. The summed E-state index contributed by atoms with van der Waals surface area (Å²) in [6.07, 6.45) is 4.09. The van der Waals surface area contributed by atoms with Crippen molar-refractivity contribution in [2.24, 2.45) is 0 Å². The molecule has 8 nitrogen and oxygen atoms in total. The molecule has 8 heteroatoms. The third kappa shape index (κ3) is 5.92. The lowest BCUT2D eigenvalue weighted by Crippen LogP contribution is -2.26. The quantitative estimate of drug-likeness (QED) is 0.157. The van der Waals surface area contributed by atoms with Gasteiger partial charge in [-0.1, -0.05) is 42.5 Å². The molecule has 0 aliphatic carbocycles. The number of nitrogens with one attached hydrogen (secondary N) is 2. The van der Waals surface area contributed by atoms with Gasteiger partial charge in [0.15, 0.2) is 0 Å². The van der Waals surface area contributed by atoms with Gasteiger partial charge in [0.05, 0.1) is 4.92 Å². The Morgan fingerprint density at radius 1 is 1.11 bits per heavy atom. The summed E-state index contributed by atoms with van der Waals surface area (Å²) in [5.74, 6) is 0.133. The summed E-state index contributed by atoms with van der Waals surface area (Å²) in [5, 5.41) is 24.3. The first-order valence-electron chi connectivity index (χ1n) is 10.9. The van der Waals surface area contributed by atoms with E-state index in [2.05, 4.69) is 10.3 Å². The monoisotopic (exact) mass is 466 g/mol. The number of para-hydroxylation sites is 1. The molecule has 2 N–H and O–H groups in total. The highest BCUT2D eigenvalue weighted by Gasteiger charge is 2.10. The largest absolute Gasteiger partial charge is 0.489 e. The van der Waals surface area contributed by atoms with Crippen molar-refractivity contribution >= 4 is 28.6 Å². The molecule has 0 spiro atoms. The van der Waals surface area contributed by atoms with Gasteiger partial charge in [-0.05, 0) is 47.4 Å². The third-order valence-electron chi connectivity index (χ3n) is 5.44. The summed E-state index contributed by atoms with van der Waals surface area (Å²) in [4.78, 5) is 26.1. The summed E-state index contributed by atoms with van der Waals surface area (Å²) in [6.45, 7) is 0.587. The second-order valence-corrected chi connectivity index (χ2v) is 7.82. The van der Waals surface area contributed by atoms with Crippen LogP contribution in [0.4, 0.5) is 5.69 Å². The van der Waals surface area contributed by atoms with Crippen LogP contribution in [0.3, 0.4) is 0 Å². The maximum Gasteiger partial charge on any atom is 0.269 e. The van der Waals surface area contributed by atoms with Crippen molar-refractivity contribution in [3.8, 4) is 11.8 Å². The Balaban J connectivity index is 1.32. The molecule has 35 heavy (non-hydrogen) atoms. The molecule has 0 aliphatic heterocycles. The lowest BCUT2D eigenvalue weighted by molar-refractivity contribution is -0.384. The Labute approximate surface area is 201 Å². The van der Waals surface area contributed by atoms with E-state index >= 15 is 0 Å². The van der Waals surface area contributed by atoms with Gasteiger partial charge in [-0.15, -0.1) is 0 Å². The molecule has 0 saturated heterocycles. The Kier molecular flexibility index (Phi) is 7.19. The van der Waals surface area contributed by atoms with Crippen LogP contribution >= 0.6 is 0 Å². The van der Waals surface area contributed by atoms with Gasteiger partial charge in [-0.2, -0.15) is 5.26 Å². The molecule has 0 unspecified atom stereocenters. The average molecular weight is 466 g/mol. The lowest BCUT2D eigenvalue weighted by atomic mass is 10.1. The summed E-state index contributed by atoms with van der Waals surface area (Å²) < 4.78 is 5.69. The van der Waals surface area contributed by atoms with Gasteiger partial charge >= 0.3 is 0 Å². The molecule has 1 heterocycles. The van der Waals surface area contributed by atoms with E-state index in [9.17, 15) is 20.2 Å². The highest BCUT2D eigenvalue weighted by Crippen LogP contribution is 2.19. The second-order valence-electron chi connectivity index (χ2n) is 7.82. The van der Waals surface area contributed by atoms with Crippen LogP contribution in [0.5, 0.6) is 5.75 Å². The number of aromatic amines is 1. The number of benzene rings is 3.